The number of nitrogens with two attached hydrogens (primary N) is 1. The third-order valence-corrected chi connectivity index (χ3v) is 2.59. The minimum absolute atomic E-state index is 0.0104. The molecule has 0 aliphatic heterocycles. The second-order valence-corrected chi connectivity index (χ2v) is 3.86. The predicted molar refractivity (Wildman–Crippen MR) is 52.7 cm³/mol. The van der Waals surface area contributed by atoms with Crippen molar-refractivity contribution in [2.24, 2.45) is 18.7 Å². The molecule has 0 bridgehead atoms. The molecule has 7 nitrogen and oxygen atoms in total. The quantitative estimate of drug-likeness (QED) is 0.671. The van der Waals surface area contributed by atoms with Gasteiger partial charge in [0.25, 0.3) is 5.95 Å². The van der Waals surface area contributed by atoms with Crippen LogP contribution >= 0.6 is 0 Å². The summed E-state index contributed by atoms with van der Waals surface area (Å²) in [4.78, 5) is 13.0. The van der Waals surface area contributed by atoms with Gasteiger partial charge in [0.2, 0.25) is 5.91 Å². The van der Waals surface area contributed by atoms with Gasteiger partial charge in [-0.3, -0.25) is 10.1 Å². The SMILES string of the molecule is Cn1nnc(NC(=O)C2CCC(N)C2)n1. The van der Waals surface area contributed by atoms with Crippen LogP contribution in [0.4, 0.5) is 5.95 Å². The smallest absolute Gasteiger partial charge is 0.270 e. The van der Waals surface area contributed by atoms with E-state index >= 15 is 0 Å². The van der Waals surface area contributed by atoms with E-state index in [-0.39, 0.29) is 23.8 Å². The van der Waals surface area contributed by atoms with Crippen LogP contribution in [-0.2, 0) is 11.8 Å². The minimum Gasteiger partial charge on any atom is -0.328 e. The van der Waals surface area contributed by atoms with Gasteiger partial charge in [-0.2, -0.15) is 4.80 Å². The van der Waals surface area contributed by atoms with Crippen molar-refractivity contribution in [3.05, 3.63) is 0 Å². The first-order valence-electron chi connectivity index (χ1n) is 4.95. The number of nitrogens with one attached hydrogen (secondary N) is 1. The Morgan fingerprint density at radius 2 is 2.40 bits per heavy atom. The maximum atomic E-state index is 11.7. The molecule has 1 amide bonds. The van der Waals surface area contributed by atoms with Crippen LogP contribution in [-0.4, -0.2) is 32.2 Å². The van der Waals surface area contributed by atoms with E-state index in [1.165, 1.54) is 4.80 Å². The lowest BCUT2D eigenvalue weighted by Gasteiger charge is -2.07. The van der Waals surface area contributed by atoms with Crippen molar-refractivity contribution in [2.45, 2.75) is 25.3 Å². The maximum Gasteiger partial charge on any atom is 0.270 e. The van der Waals surface area contributed by atoms with Gasteiger partial charge in [0.15, 0.2) is 0 Å². The fourth-order valence-electron chi connectivity index (χ4n) is 1.80. The lowest BCUT2D eigenvalue weighted by atomic mass is 10.1. The molecule has 1 heterocycles. The first kappa shape index (κ1) is 10.0. The molecule has 1 aliphatic rings. The summed E-state index contributed by atoms with van der Waals surface area (Å²) in [5.74, 6) is 0.183. The Hall–Kier alpha value is -1.50. The van der Waals surface area contributed by atoms with Gasteiger partial charge in [-0.15, -0.1) is 5.10 Å². The lowest BCUT2D eigenvalue weighted by molar-refractivity contribution is -0.119. The number of hydrogen-bond donors (Lipinski definition) is 2. The highest BCUT2D eigenvalue weighted by Gasteiger charge is 2.28. The number of amides is 1. The standard InChI is InChI=1S/C8H14N6O/c1-14-12-8(11-13-14)10-7(15)5-2-3-6(9)4-5/h5-6H,2-4,9H2,1H3,(H,10,12,15). The first-order valence-corrected chi connectivity index (χ1v) is 4.95. The van der Waals surface area contributed by atoms with Crippen molar-refractivity contribution in [1.82, 2.24) is 20.2 Å². The Kier molecular flexibility index (Phi) is 2.63. The van der Waals surface area contributed by atoms with E-state index in [0.717, 1.165) is 19.3 Å². The molecule has 1 aromatic heterocycles. The molecule has 0 aromatic carbocycles. The Balaban J connectivity index is 1.92. The largest absolute Gasteiger partial charge is 0.328 e. The van der Waals surface area contributed by atoms with Gasteiger partial charge in [-0.05, 0) is 24.5 Å². The highest BCUT2D eigenvalue weighted by Crippen LogP contribution is 2.24. The number of nitrogens with zero attached hydrogens (tertiary/aromatic N) is 4. The number of anilines is 1. The normalized spacial score (nSPS) is 25.5. The van der Waals surface area contributed by atoms with Gasteiger partial charge in [-0.25, -0.2) is 0 Å². The summed E-state index contributed by atoms with van der Waals surface area (Å²) < 4.78 is 0. The molecule has 0 saturated heterocycles. The first-order chi connectivity index (χ1) is 7.15. The van der Waals surface area contributed by atoms with E-state index < -0.39 is 0 Å². The Bertz CT molecular complexity index is 362. The van der Waals surface area contributed by atoms with Crippen LogP contribution in [0, 0.1) is 5.92 Å². The van der Waals surface area contributed by atoms with Gasteiger partial charge in [0, 0.05) is 12.0 Å². The molecule has 2 rings (SSSR count). The molecule has 3 N–H and O–H groups in total. The number of aromatic nitrogens is 4. The zero-order valence-electron chi connectivity index (χ0n) is 8.55. The third kappa shape index (κ3) is 2.30. The van der Waals surface area contributed by atoms with Crippen molar-refractivity contribution in [1.29, 1.82) is 0 Å². The second-order valence-electron chi connectivity index (χ2n) is 3.86. The van der Waals surface area contributed by atoms with Crippen LogP contribution in [0.1, 0.15) is 19.3 Å². The Morgan fingerprint density at radius 3 is 2.93 bits per heavy atom. The van der Waals surface area contributed by atoms with E-state index in [9.17, 15) is 4.79 Å². The molecular formula is C8H14N6O. The van der Waals surface area contributed by atoms with Crippen molar-refractivity contribution < 1.29 is 4.79 Å². The Labute approximate surface area is 87.0 Å². The van der Waals surface area contributed by atoms with Gasteiger partial charge < -0.3 is 5.73 Å². The molecule has 7 heteroatoms. The summed E-state index contributed by atoms with van der Waals surface area (Å²) in [5, 5.41) is 13.8. The molecule has 82 valence electrons. The van der Waals surface area contributed by atoms with Gasteiger partial charge in [0.1, 0.15) is 0 Å². The van der Waals surface area contributed by atoms with Crippen LogP contribution in [0.3, 0.4) is 0 Å². The van der Waals surface area contributed by atoms with E-state index in [0.29, 0.717) is 0 Å². The summed E-state index contributed by atoms with van der Waals surface area (Å²) in [6, 6.07) is 0.149. The zero-order chi connectivity index (χ0) is 10.8. The van der Waals surface area contributed by atoms with E-state index in [1.807, 2.05) is 0 Å². The highest BCUT2D eigenvalue weighted by atomic mass is 16.2. The van der Waals surface area contributed by atoms with Gasteiger partial charge >= 0.3 is 0 Å². The average Bonchev–Trinajstić information content (AvgIpc) is 2.75. The monoisotopic (exact) mass is 210 g/mol. The number of tetrazole rings is 1. The summed E-state index contributed by atoms with van der Waals surface area (Å²) in [7, 11) is 1.65. The summed E-state index contributed by atoms with van der Waals surface area (Å²) >= 11 is 0. The lowest BCUT2D eigenvalue weighted by Crippen LogP contribution is -2.23. The molecule has 15 heavy (non-hydrogen) atoms. The van der Waals surface area contributed by atoms with E-state index in [2.05, 4.69) is 20.7 Å². The topological polar surface area (TPSA) is 98.7 Å². The molecule has 2 atom stereocenters. The summed E-state index contributed by atoms with van der Waals surface area (Å²) in [6.07, 6.45) is 2.49. The fraction of sp³-hybridized carbons (Fsp3) is 0.750. The zero-order valence-corrected chi connectivity index (χ0v) is 8.55. The molecule has 1 fully saturated rings. The van der Waals surface area contributed by atoms with Crippen molar-refractivity contribution in [2.75, 3.05) is 5.32 Å². The molecule has 1 aromatic rings. The van der Waals surface area contributed by atoms with Crippen molar-refractivity contribution in [3.63, 3.8) is 0 Å². The van der Waals surface area contributed by atoms with E-state index in [1.54, 1.807) is 7.05 Å². The fourth-order valence-corrected chi connectivity index (χ4v) is 1.80. The number of rotatable bonds is 2. The van der Waals surface area contributed by atoms with Gasteiger partial charge in [0.05, 0.1) is 7.05 Å². The third-order valence-electron chi connectivity index (χ3n) is 2.59. The summed E-state index contributed by atoms with van der Waals surface area (Å²) in [6.45, 7) is 0. The number of carbonyl (C=O) groups excluding carboxylic acids is 1. The minimum atomic E-state index is -0.0593. The molecular weight excluding hydrogens is 196 g/mol. The molecule has 1 saturated carbocycles. The van der Waals surface area contributed by atoms with E-state index in [4.69, 9.17) is 5.73 Å². The van der Waals surface area contributed by atoms with Crippen LogP contribution in [0.15, 0.2) is 0 Å². The number of carbonyl (C=O) groups is 1. The van der Waals surface area contributed by atoms with Crippen LogP contribution in [0.25, 0.3) is 0 Å². The van der Waals surface area contributed by atoms with Crippen molar-refractivity contribution >= 4 is 11.9 Å². The number of hydrogen-bond acceptors (Lipinski definition) is 5. The predicted octanol–water partition coefficient (Wildman–Crippen LogP) is -0.724. The van der Waals surface area contributed by atoms with Crippen LogP contribution < -0.4 is 11.1 Å². The summed E-state index contributed by atoms with van der Waals surface area (Å²) in [5.41, 5.74) is 5.73. The van der Waals surface area contributed by atoms with Crippen LogP contribution in [0.5, 0.6) is 0 Å². The molecule has 0 spiro atoms. The Morgan fingerprint density at radius 1 is 1.60 bits per heavy atom. The van der Waals surface area contributed by atoms with Crippen molar-refractivity contribution in [3.8, 4) is 0 Å². The van der Waals surface area contributed by atoms with Crippen LogP contribution in [0.2, 0.25) is 0 Å². The van der Waals surface area contributed by atoms with Gasteiger partial charge in [-0.1, -0.05) is 5.10 Å². The molecule has 0 radical (unpaired) electrons. The average molecular weight is 210 g/mol. The second kappa shape index (κ2) is 3.93. The molecule has 2 unspecified atom stereocenters. The maximum absolute atomic E-state index is 11.7. The highest BCUT2D eigenvalue weighted by molar-refractivity contribution is 5.91. The molecule has 1 aliphatic carbocycles. The number of aryl methyl sites for hydroxylation is 1.